The Bertz CT molecular complexity index is 947. The highest BCUT2D eigenvalue weighted by atomic mass is 16.5. The number of ether oxygens (including phenoxy) is 2. The Hall–Kier alpha value is -3.28. The molecular weight excluding hydrogens is 344 g/mol. The first-order chi connectivity index (χ1) is 13.3. The zero-order valence-corrected chi connectivity index (χ0v) is 15.0. The second-order valence-corrected chi connectivity index (χ2v) is 6.21. The van der Waals surface area contributed by atoms with Crippen LogP contribution in [-0.4, -0.2) is 24.2 Å². The van der Waals surface area contributed by atoms with Crippen LogP contribution in [0.4, 0.5) is 0 Å². The van der Waals surface area contributed by atoms with Crippen LogP contribution in [0, 0.1) is 0 Å². The van der Waals surface area contributed by atoms with Gasteiger partial charge in [-0.15, -0.1) is 0 Å². The largest absolute Gasteiger partial charge is 0.494 e. The standard InChI is InChI=1S/C21H20N2O4/c1-2-25-15-9-7-14(8-10-15)11-12-22-21(24)19-17-13-26-18-6-4-3-5-16(18)20(17)27-23-19/h3-10H,2,11-13H2,1H3,(H,22,24). The minimum atomic E-state index is -0.256. The lowest BCUT2D eigenvalue weighted by Gasteiger charge is -2.15. The summed E-state index contributed by atoms with van der Waals surface area (Å²) < 4.78 is 16.6. The van der Waals surface area contributed by atoms with Crippen LogP contribution in [0.5, 0.6) is 11.5 Å². The summed E-state index contributed by atoms with van der Waals surface area (Å²) in [5.41, 5.74) is 2.91. The highest BCUT2D eigenvalue weighted by Crippen LogP contribution is 2.38. The fraction of sp³-hybridized carbons (Fsp3) is 0.238. The van der Waals surface area contributed by atoms with Crippen molar-refractivity contribution in [2.45, 2.75) is 20.0 Å². The van der Waals surface area contributed by atoms with Crippen LogP contribution in [0.3, 0.4) is 0 Å². The SMILES string of the molecule is CCOc1ccc(CCNC(=O)c2noc3c2COc2ccccc2-3)cc1. The average Bonchev–Trinajstić information content (AvgIpc) is 3.14. The van der Waals surface area contributed by atoms with Crippen molar-refractivity contribution >= 4 is 5.91 Å². The molecule has 1 aromatic heterocycles. The molecule has 0 unspecified atom stereocenters. The van der Waals surface area contributed by atoms with Crippen LogP contribution in [0.25, 0.3) is 11.3 Å². The molecule has 0 bridgehead atoms. The maximum absolute atomic E-state index is 12.5. The minimum absolute atomic E-state index is 0.256. The van der Waals surface area contributed by atoms with E-state index in [1.54, 1.807) is 0 Å². The third kappa shape index (κ3) is 3.51. The first-order valence-electron chi connectivity index (χ1n) is 8.97. The van der Waals surface area contributed by atoms with Gasteiger partial charge < -0.3 is 19.3 Å². The second kappa shape index (κ2) is 7.53. The van der Waals surface area contributed by atoms with Crippen LogP contribution in [0.15, 0.2) is 53.1 Å². The molecule has 2 heterocycles. The van der Waals surface area contributed by atoms with E-state index in [9.17, 15) is 4.79 Å². The van der Waals surface area contributed by atoms with Crippen molar-refractivity contribution in [1.29, 1.82) is 0 Å². The van der Waals surface area contributed by atoms with Gasteiger partial charge >= 0.3 is 0 Å². The summed E-state index contributed by atoms with van der Waals surface area (Å²) in [6.45, 7) is 3.38. The molecule has 0 radical (unpaired) electrons. The number of rotatable bonds is 6. The summed E-state index contributed by atoms with van der Waals surface area (Å²) in [4.78, 5) is 12.5. The van der Waals surface area contributed by atoms with Gasteiger partial charge in [0.1, 0.15) is 18.1 Å². The molecule has 138 valence electrons. The van der Waals surface area contributed by atoms with Gasteiger partial charge in [0.25, 0.3) is 5.91 Å². The summed E-state index contributed by atoms with van der Waals surface area (Å²) in [7, 11) is 0. The molecule has 0 spiro atoms. The van der Waals surface area contributed by atoms with Gasteiger partial charge in [-0.3, -0.25) is 4.79 Å². The fourth-order valence-corrected chi connectivity index (χ4v) is 3.09. The monoisotopic (exact) mass is 364 g/mol. The summed E-state index contributed by atoms with van der Waals surface area (Å²) in [6.07, 6.45) is 0.720. The molecule has 1 aliphatic rings. The van der Waals surface area contributed by atoms with Crippen molar-refractivity contribution in [2.75, 3.05) is 13.2 Å². The molecule has 0 saturated heterocycles. The molecule has 6 nitrogen and oxygen atoms in total. The molecule has 27 heavy (non-hydrogen) atoms. The second-order valence-electron chi connectivity index (χ2n) is 6.21. The third-order valence-electron chi connectivity index (χ3n) is 4.44. The zero-order valence-electron chi connectivity index (χ0n) is 15.0. The summed E-state index contributed by atoms with van der Waals surface area (Å²) >= 11 is 0. The number of benzene rings is 2. The van der Waals surface area contributed by atoms with Crippen molar-refractivity contribution in [3.8, 4) is 22.8 Å². The Labute approximate surface area is 157 Å². The van der Waals surface area contributed by atoms with Gasteiger partial charge in [-0.25, -0.2) is 0 Å². The average molecular weight is 364 g/mol. The smallest absolute Gasteiger partial charge is 0.273 e. The third-order valence-corrected chi connectivity index (χ3v) is 4.44. The first kappa shape index (κ1) is 17.1. The molecule has 1 aliphatic heterocycles. The Kier molecular flexibility index (Phi) is 4.78. The Balaban J connectivity index is 1.39. The van der Waals surface area contributed by atoms with E-state index in [1.807, 2.05) is 55.5 Å². The molecular formula is C21H20N2O4. The van der Waals surface area contributed by atoms with Crippen molar-refractivity contribution in [1.82, 2.24) is 10.5 Å². The van der Waals surface area contributed by atoms with E-state index in [1.165, 1.54) is 0 Å². The van der Waals surface area contributed by atoms with Crippen molar-refractivity contribution in [3.63, 3.8) is 0 Å². The van der Waals surface area contributed by atoms with E-state index < -0.39 is 0 Å². The number of carbonyl (C=O) groups excluding carboxylic acids is 1. The van der Waals surface area contributed by atoms with Gasteiger partial charge in [0.15, 0.2) is 11.5 Å². The van der Waals surface area contributed by atoms with Gasteiger partial charge in [0.05, 0.1) is 17.7 Å². The highest BCUT2D eigenvalue weighted by Gasteiger charge is 2.28. The number of nitrogens with zero attached hydrogens (tertiary/aromatic N) is 1. The van der Waals surface area contributed by atoms with Gasteiger partial charge in [0.2, 0.25) is 0 Å². The number of amides is 1. The van der Waals surface area contributed by atoms with Crippen molar-refractivity contribution < 1.29 is 18.8 Å². The van der Waals surface area contributed by atoms with Crippen molar-refractivity contribution in [3.05, 3.63) is 65.4 Å². The van der Waals surface area contributed by atoms with Crippen LogP contribution >= 0.6 is 0 Å². The molecule has 4 rings (SSSR count). The van der Waals surface area contributed by atoms with Crippen LogP contribution < -0.4 is 14.8 Å². The molecule has 0 saturated carbocycles. The number of para-hydroxylation sites is 1. The lowest BCUT2D eigenvalue weighted by molar-refractivity contribution is 0.0943. The number of hydrogen-bond acceptors (Lipinski definition) is 5. The van der Waals surface area contributed by atoms with Gasteiger partial charge in [-0.05, 0) is 43.2 Å². The summed E-state index contributed by atoms with van der Waals surface area (Å²) in [5.74, 6) is 1.94. The zero-order chi connectivity index (χ0) is 18.6. The van der Waals surface area contributed by atoms with Gasteiger partial charge in [0, 0.05) is 6.54 Å². The fourth-order valence-electron chi connectivity index (χ4n) is 3.09. The van der Waals surface area contributed by atoms with E-state index in [4.69, 9.17) is 14.0 Å². The van der Waals surface area contributed by atoms with Crippen molar-refractivity contribution in [2.24, 2.45) is 0 Å². The van der Waals surface area contributed by atoms with E-state index in [0.29, 0.717) is 24.5 Å². The predicted octanol–water partition coefficient (Wildman–Crippen LogP) is 3.61. The lowest BCUT2D eigenvalue weighted by atomic mass is 10.0. The van der Waals surface area contributed by atoms with E-state index in [2.05, 4.69) is 10.5 Å². The van der Waals surface area contributed by atoms with E-state index in [-0.39, 0.29) is 18.2 Å². The number of fused-ring (bicyclic) bond motifs is 3. The lowest BCUT2D eigenvalue weighted by Crippen LogP contribution is -2.27. The van der Waals surface area contributed by atoms with E-state index >= 15 is 0 Å². The number of aromatic nitrogens is 1. The first-order valence-corrected chi connectivity index (χ1v) is 8.97. The van der Waals surface area contributed by atoms with Crippen LogP contribution in [0.1, 0.15) is 28.5 Å². The Morgan fingerprint density at radius 2 is 2.00 bits per heavy atom. The van der Waals surface area contributed by atoms with Crippen LogP contribution in [-0.2, 0) is 13.0 Å². The molecule has 1 amide bonds. The maximum Gasteiger partial charge on any atom is 0.273 e. The molecule has 0 fully saturated rings. The predicted molar refractivity (Wildman–Crippen MR) is 99.9 cm³/mol. The normalized spacial score (nSPS) is 11.9. The molecule has 1 N–H and O–H groups in total. The molecule has 0 aliphatic carbocycles. The molecule has 2 aromatic carbocycles. The highest BCUT2D eigenvalue weighted by molar-refractivity contribution is 5.95. The number of hydrogen-bond donors (Lipinski definition) is 1. The number of nitrogens with one attached hydrogen (secondary N) is 1. The molecule has 3 aromatic rings. The minimum Gasteiger partial charge on any atom is -0.494 e. The number of carbonyl (C=O) groups is 1. The van der Waals surface area contributed by atoms with E-state index in [0.717, 1.165) is 29.0 Å². The molecule has 6 heteroatoms. The quantitative estimate of drug-likeness (QED) is 0.723. The maximum atomic E-state index is 12.5. The summed E-state index contributed by atoms with van der Waals surface area (Å²) in [5, 5.41) is 6.87. The summed E-state index contributed by atoms with van der Waals surface area (Å²) in [6, 6.07) is 15.4. The Morgan fingerprint density at radius 1 is 1.19 bits per heavy atom. The topological polar surface area (TPSA) is 73.6 Å². The van der Waals surface area contributed by atoms with Gasteiger partial charge in [-0.1, -0.05) is 29.4 Å². The Morgan fingerprint density at radius 3 is 2.81 bits per heavy atom. The van der Waals surface area contributed by atoms with Gasteiger partial charge in [-0.2, -0.15) is 0 Å². The molecule has 0 atom stereocenters. The van der Waals surface area contributed by atoms with Crippen LogP contribution in [0.2, 0.25) is 0 Å².